The van der Waals surface area contributed by atoms with Gasteiger partial charge in [0, 0.05) is 44.5 Å². The Balaban J connectivity index is 1.72. The summed E-state index contributed by atoms with van der Waals surface area (Å²) in [6.07, 6.45) is 1.26. The summed E-state index contributed by atoms with van der Waals surface area (Å²) >= 11 is 0. The second-order valence-electron chi connectivity index (χ2n) is 6.48. The van der Waals surface area contributed by atoms with Crippen LogP contribution in [0.4, 0.5) is 11.5 Å². The summed E-state index contributed by atoms with van der Waals surface area (Å²) < 4.78 is 22.6. The number of aromatic hydroxyl groups is 1. The molecule has 1 aliphatic heterocycles. The van der Waals surface area contributed by atoms with Crippen molar-refractivity contribution in [1.82, 2.24) is 15.1 Å². The van der Waals surface area contributed by atoms with Crippen LogP contribution in [0.25, 0.3) is 11.3 Å². The summed E-state index contributed by atoms with van der Waals surface area (Å²) in [5.41, 5.74) is 7.96. The van der Waals surface area contributed by atoms with E-state index in [9.17, 15) is 13.5 Å². The second-order valence-corrected chi connectivity index (χ2v) is 8.74. The number of para-hydroxylation sites is 1. The fourth-order valence-corrected chi connectivity index (χ4v) is 3.56. The van der Waals surface area contributed by atoms with Crippen LogP contribution in [0.1, 0.15) is 0 Å². The van der Waals surface area contributed by atoms with E-state index in [4.69, 9.17) is 5.73 Å². The number of nitrogens with zero attached hydrogens (tertiary/aromatic N) is 4. The highest BCUT2D eigenvalue weighted by Crippen LogP contribution is 2.31. The van der Waals surface area contributed by atoms with Crippen LogP contribution in [-0.4, -0.2) is 73.4 Å². The number of phenolic OH excluding ortho intramolecular Hbond substituents is 1. The molecule has 0 aliphatic carbocycles. The van der Waals surface area contributed by atoms with Crippen LogP contribution in [-0.2, 0) is 9.84 Å². The number of phenols is 1. The first kappa shape index (κ1) is 18.4. The van der Waals surface area contributed by atoms with Gasteiger partial charge in [0.15, 0.2) is 5.82 Å². The first-order chi connectivity index (χ1) is 12.3. The van der Waals surface area contributed by atoms with E-state index in [-0.39, 0.29) is 11.5 Å². The van der Waals surface area contributed by atoms with Gasteiger partial charge in [0.1, 0.15) is 15.6 Å². The predicted molar refractivity (Wildman–Crippen MR) is 102 cm³/mol. The van der Waals surface area contributed by atoms with Gasteiger partial charge in [-0.25, -0.2) is 8.42 Å². The van der Waals surface area contributed by atoms with Crippen molar-refractivity contribution in [3.63, 3.8) is 0 Å². The lowest BCUT2D eigenvalue weighted by molar-refractivity contribution is 0.272. The number of sulfone groups is 1. The van der Waals surface area contributed by atoms with Crippen LogP contribution >= 0.6 is 0 Å². The number of hydrogen-bond donors (Lipinski definition) is 2. The molecule has 0 amide bonds. The summed E-state index contributed by atoms with van der Waals surface area (Å²) in [6, 6.07) is 8.80. The van der Waals surface area contributed by atoms with E-state index >= 15 is 0 Å². The molecule has 8 nitrogen and oxygen atoms in total. The molecule has 1 aromatic heterocycles. The molecule has 0 unspecified atom stereocenters. The van der Waals surface area contributed by atoms with Crippen molar-refractivity contribution in [2.24, 2.45) is 0 Å². The molecule has 0 saturated carbocycles. The first-order valence-corrected chi connectivity index (χ1v) is 10.5. The number of hydrogen-bond acceptors (Lipinski definition) is 8. The van der Waals surface area contributed by atoms with Gasteiger partial charge in [0.05, 0.1) is 17.1 Å². The molecule has 0 spiro atoms. The minimum atomic E-state index is -2.95. The molecule has 1 saturated heterocycles. The predicted octanol–water partition coefficient (Wildman–Crippen LogP) is 0.598. The molecule has 1 fully saturated rings. The van der Waals surface area contributed by atoms with Crippen molar-refractivity contribution < 1.29 is 13.5 Å². The third-order valence-electron chi connectivity index (χ3n) is 4.47. The minimum absolute atomic E-state index is 0.142. The van der Waals surface area contributed by atoms with E-state index in [1.807, 2.05) is 12.1 Å². The van der Waals surface area contributed by atoms with Gasteiger partial charge in [0.2, 0.25) is 0 Å². The molecule has 26 heavy (non-hydrogen) atoms. The maximum absolute atomic E-state index is 11.3. The monoisotopic (exact) mass is 377 g/mol. The number of anilines is 2. The summed E-state index contributed by atoms with van der Waals surface area (Å²) in [6.45, 7) is 3.49. The van der Waals surface area contributed by atoms with Crippen LogP contribution in [0, 0.1) is 0 Å². The Hall–Kier alpha value is -2.39. The van der Waals surface area contributed by atoms with Crippen molar-refractivity contribution >= 4 is 21.3 Å². The number of nitrogens with two attached hydrogens (primary N) is 1. The highest BCUT2D eigenvalue weighted by Gasteiger charge is 2.21. The lowest BCUT2D eigenvalue weighted by atomic mass is 10.1. The summed E-state index contributed by atoms with van der Waals surface area (Å²) in [4.78, 5) is 4.25. The van der Waals surface area contributed by atoms with E-state index < -0.39 is 9.84 Å². The molecule has 9 heteroatoms. The molecule has 0 atom stereocenters. The van der Waals surface area contributed by atoms with Crippen LogP contribution in [0.2, 0.25) is 0 Å². The summed E-state index contributed by atoms with van der Waals surface area (Å²) in [7, 11) is -2.95. The van der Waals surface area contributed by atoms with Gasteiger partial charge < -0.3 is 15.7 Å². The third kappa shape index (κ3) is 4.41. The molecule has 1 aromatic carbocycles. The minimum Gasteiger partial charge on any atom is -0.507 e. The average molecular weight is 377 g/mol. The van der Waals surface area contributed by atoms with Gasteiger partial charge in [-0.15, -0.1) is 10.2 Å². The summed E-state index contributed by atoms with van der Waals surface area (Å²) in [5.74, 6) is 0.653. The maximum Gasteiger partial charge on any atom is 0.169 e. The molecule has 0 radical (unpaired) electrons. The van der Waals surface area contributed by atoms with Crippen LogP contribution in [0.5, 0.6) is 5.75 Å². The Labute approximate surface area is 153 Å². The van der Waals surface area contributed by atoms with E-state index in [0.29, 0.717) is 23.6 Å². The molecular formula is C17H23N5O3S. The SMILES string of the molecule is CS(=O)(=O)CCN1CCN(c2cc(-c3ccccc3O)nnc2N)CC1. The number of rotatable bonds is 5. The lowest BCUT2D eigenvalue weighted by Gasteiger charge is -2.36. The molecule has 0 bridgehead atoms. The highest BCUT2D eigenvalue weighted by molar-refractivity contribution is 7.90. The van der Waals surface area contributed by atoms with Gasteiger partial charge in [-0.2, -0.15) is 0 Å². The van der Waals surface area contributed by atoms with Crippen molar-refractivity contribution in [3.05, 3.63) is 30.3 Å². The first-order valence-electron chi connectivity index (χ1n) is 8.40. The number of benzene rings is 1. The van der Waals surface area contributed by atoms with Crippen LogP contribution in [0.3, 0.4) is 0 Å². The van der Waals surface area contributed by atoms with E-state index in [0.717, 1.165) is 31.9 Å². The smallest absolute Gasteiger partial charge is 0.169 e. The Morgan fingerprint density at radius 2 is 1.85 bits per heavy atom. The Bertz CT molecular complexity index is 880. The van der Waals surface area contributed by atoms with E-state index in [2.05, 4.69) is 20.0 Å². The fraction of sp³-hybridized carbons (Fsp3) is 0.412. The highest BCUT2D eigenvalue weighted by atomic mass is 32.2. The van der Waals surface area contributed by atoms with E-state index in [1.54, 1.807) is 18.2 Å². The average Bonchev–Trinajstić information content (AvgIpc) is 2.61. The van der Waals surface area contributed by atoms with Gasteiger partial charge in [-0.05, 0) is 18.2 Å². The topological polar surface area (TPSA) is 113 Å². The maximum atomic E-state index is 11.3. The van der Waals surface area contributed by atoms with E-state index in [1.165, 1.54) is 6.26 Å². The molecule has 140 valence electrons. The largest absolute Gasteiger partial charge is 0.507 e. The molecule has 1 aliphatic rings. The normalized spacial score (nSPS) is 16.0. The van der Waals surface area contributed by atoms with Crippen molar-refractivity contribution in [2.45, 2.75) is 0 Å². The van der Waals surface area contributed by atoms with Gasteiger partial charge in [-0.1, -0.05) is 12.1 Å². The Morgan fingerprint density at radius 1 is 1.15 bits per heavy atom. The molecule has 2 heterocycles. The number of nitrogen functional groups attached to an aromatic ring is 1. The van der Waals surface area contributed by atoms with Crippen molar-refractivity contribution in [2.75, 3.05) is 55.4 Å². The Morgan fingerprint density at radius 3 is 2.50 bits per heavy atom. The third-order valence-corrected chi connectivity index (χ3v) is 5.40. The standard InChI is InChI=1S/C17H23N5O3S/c1-26(24,25)11-10-21-6-8-22(9-7-21)15-12-14(19-20-17(15)18)13-4-2-3-5-16(13)23/h2-5,12,23H,6-11H2,1H3,(H2,18,20). The molecule has 3 rings (SSSR count). The van der Waals surface area contributed by atoms with Gasteiger partial charge >= 0.3 is 0 Å². The van der Waals surface area contributed by atoms with Crippen molar-refractivity contribution in [3.8, 4) is 17.0 Å². The lowest BCUT2D eigenvalue weighted by Crippen LogP contribution is -2.47. The Kier molecular flexibility index (Phi) is 5.28. The number of piperazine rings is 1. The zero-order chi connectivity index (χ0) is 18.7. The molecule has 2 aromatic rings. The molecule has 3 N–H and O–H groups in total. The zero-order valence-electron chi connectivity index (χ0n) is 14.7. The van der Waals surface area contributed by atoms with Crippen molar-refractivity contribution in [1.29, 1.82) is 0 Å². The van der Waals surface area contributed by atoms with Crippen LogP contribution in [0.15, 0.2) is 30.3 Å². The second kappa shape index (κ2) is 7.46. The summed E-state index contributed by atoms with van der Waals surface area (Å²) in [5, 5.41) is 18.2. The quantitative estimate of drug-likeness (QED) is 0.779. The zero-order valence-corrected chi connectivity index (χ0v) is 15.5. The van der Waals surface area contributed by atoms with Crippen LogP contribution < -0.4 is 10.6 Å². The fourth-order valence-electron chi connectivity index (χ4n) is 2.97. The molecular weight excluding hydrogens is 354 g/mol. The van der Waals surface area contributed by atoms with Gasteiger partial charge in [-0.3, -0.25) is 4.90 Å². The number of aromatic nitrogens is 2. The van der Waals surface area contributed by atoms with Gasteiger partial charge in [0.25, 0.3) is 0 Å².